The summed E-state index contributed by atoms with van der Waals surface area (Å²) in [5.41, 5.74) is 0. The SMILES string of the molecule is C#CC(=O)N1CCNCC1C(=O)N(C)C. The second kappa shape index (κ2) is 4.80. The predicted molar refractivity (Wildman–Crippen MR) is 55.9 cm³/mol. The van der Waals surface area contributed by atoms with E-state index in [1.165, 1.54) is 9.80 Å². The molecule has 5 nitrogen and oxygen atoms in total. The van der Waals surface area contributed by atoms with E-state index in [1.807, 2.05) is 5.92 Å². The number of carbonyl (C=O) groups is 2. The lowest BCUT2D eigenvalue weighted by molar-refractivity contribution is -0.142. The zero-order valence-corrected chi connectivity index (χ0v) is 8.99. The van der Waals surface area contributed by atoms with Gasteiger partial charge < -0.3 is 15.1 Å². The zero-order chi connectivity index (χ0) is 11.4. The molecule has 2 amide bonds. The maximum atomic E-state index is 11.8. The summed E-state index contributed by atoms with van der Waals surface area (Å²) in [6.45, 7) is 1.61. The molecule has 15 heavy (non-hydrogen) atoms. The highest BCUT2D eigenvalue weighted by molar-refractivity contribution is 5.96. The summed E-state index contributed by atoms with van der Waals surface area (Å²) in [5, 5.41) is 3.07. The summed E-state index contributed by atoms with van der Waals surface area (Å²) in [6.07, 6.45) is 5.05. The first kappa shape index (κ1) is 11.5. The number of hydrogen-bond acceptors (Lipinski definition) is 3. The first-order valence-corrected chi connectivity index (χ1v) is 4.77. The summed E-state index contributed by atoms with van der Waals surface area (Å²) < 4.78 is 0. The molecule has 0 aromatic carbocycles. The van der Waals surface area contributed by atoms with Crippen LogP contribution in [-0.2, 0) is 9.59 Å². The van der Waals surface area contributed by atoms with Gasteiger partial charge >= 0.3 is 0 Å². The minimum Gasteiger partial charge on any atom is -0.347 e. The molecule has 0 aliphatic carbocycles. The van der Waals surface area contributed by atoms with E-state index >= 15 is 0 Å². The Hall–Kier alpha value is -1.54. The van der Waals surface area contributed by atoms with Gasteiger partial charge in [-0.1, -0.05) is 0 Å². The largest absolute Gasteiger partial charge is 0.347 e. The third-order valence-corrected chi connectivity index (χ3v) is 2.35. The lowest BCUT2D eigenvalue weighted by atomic mass is 10.1. The molecule has 0 saturated carbocycles. The number of terminal acetylenes is 1. The second-order valence-corrected chi connectivity index (χ2v) is 3.60. The van der Waals surface area contributed by atoms with E-state index in [9.17, 15) is 9.59 Å². The molecule has 1 fully saturated rings. The third kappa shape index (κ3) is 2.48. The molecule has 1 rings (SSSR count). The molecule has 1 N–H and O–H groups in total. The van der Waals surface area contributed by atoms with Crippen molar-refractivity contribution in [3.63, 3.8) is 0 Å². The summed E-state index contributed by atoms with van der Waals surface area (Å²) in [6, 6.07) is -0.475. The average Bonchev–Trinajstić information content (AvgIpc) is 2.27. The molecule has 1 heterocycles. The van der Waals surface area contributed by atoms with Gasteiger partial charge in [-0.25, -0.2) is 0 Å². The van der Waals surface area contributed by atoms with Crippen molar-refractivity contribution in [2.24, 2.45) is 0 Å². The van der Waals surface area contributed by atoms with Crippen molar-refractivity contribution in [2.75, 3.05) is 33.7 Å². The monoisotopic (exact) mass is 209 g/mol. The van der Waals surface area contributed by atoms with Gasteiger partial charge in [0.1, 0.15) is 6.04 Å². The van der Waals surface area contributed by atoms with Gasteiger partial charge in [0.05, 0.1) is 0 Å². The molecular formula is C10H15N3O2. The zero-order valence-electron chi connectivity index (χ0n) is 8.99. The molecule has 82 valence electrons. The van der Waals surface area contributed by atoms with E-state index in [0.29, 0.717) is 19.6 Å². The first-order chi connectivity index (χ1) is 7.07. The number of likely N-dealkylation sites (N-methyl/N-ethyl adjacent to an activating group) is 1. The van der Waals surface area contributed by atoms with Crippen LogP contribution in [-0.4, -0.2) is 61.4 Å². The van der Waals surface area contributed by atoms with Gasteiger partial charge in [0.25, 0.3) is 5.91 Å². The lowest BCUT2D eigenvalue weighted by Gasteiger charge is -2.35. The van der Waals surface area contributed by atoms with E-state index < -0.39 is 11.9 Å². The minimum atomic E-state index is -0.475. The highest BCUT2D eigenvalue weighted by atomic mass is 16.2. The van der Waals surface area contributed by atoms with Gasteiger partial charge in [-0.2, -0.15) is 0 Å². The number of amides is 2. The minimum absolute atomic E-state index is 0.106. The fourth-order valence-electron chi connectivity index (χ4n) is 1.55. The Morgan fingerprint density at radius 1 is 1.53 bits per heavy atom. The number of carbonyl (C=O) groups excluding carboxylic acids is 2. The van der Waals surface area contributed by atoms with Crippen molar-refractivity contribution in [1.82, 2.24) is 15.1 Å². The van der Waals surface area contributed by atoms with Crippen molar-refractivity contribution in [2.45, 2.75) is 6.04 Å². The van der Waals surface area contributed by atoms with Crippen molar-refractivity contribution < 1.29 is 9.59 Å². The Morgan fingerprint density at radius 3 is 2.73 bits per heavy atom. The van der Waals surface area contributed by atoms with E-state index in [-0.39, 0.29) is 5.91 Å². The molecule has 1 aliphatic rings. The van der Waals surface area contributed by atoms with Crippen molar-refractivity contribution in [3.8, 4) is 12.3 Å². The molecule has 0 bridgehead atoms. The van der Waals surface area contributed by atoms with E-state index in [2.05, 4.69) is 5.32 Å². The van der Waals surface area contributed by atoms with E-state index in [1.54, 1.807) is 14.1 Å². The molecule has 0 aromatic rings. The Kier molecular flexibility index (Phi) is 3.69. The molecule has 0 aromatic heterocycles. The van der Waals surface area contributed by atoms with Crippen LogP contribution in [0.25, 0.3) is 0 Å². The van der Waals surface area contributed by atoms with Crippen molar-refractivity contribution >= 4 is 11.8 Å². The number of rotatable bonds is 1. The molecule has 1 aliphatic heterocycles. The topological polar surface area (TPSA) is 52.7 Å². The predicted octanol–water partition coefficient (Wildman–Crippen LogP) is -1.49. The number of piperazine rings is 1. The normalized spacial score (nSPS) is 20.6. The van der Waals surface area contributed by atoms with Crippen LogP contribution in [0.1, 0.15) is 0 Å². The third-order valence-electron chi connectivity index (χ3n) is 2.35. The average molecular weight is 209 g/mol. The van der Waals surface area contributed by atoms with Crippen molar-refractivity contribution in [1.29, 1.82) is 0 Å². The van der Waals surface area contributed by atoms with Gasteiger partial charge in [0.2, 0.25) is 5.91 Å². The maximum Gasteiger partial charge on any atom is 0.298 e. The smallest absolute Gasteiger partial charge is 0.298 e. The number of nitrogens with one attached hydrogen (secondary N) is 1. The van der Waals surface area contributed by atoms with Crippen LogP contribution >= 0.6 is 0 Å². The number of nitrogens with zero attached hydrogens (tertiary/aromatic N) is 2. The van der Waals surface area contributed by atoms with Crippen LogP contribution in [0.2, 0.25) is 0 Å². The van der Waals surface area contributed by atoms with Crippen LogP contribution < -0.4 is 5.32 Å². The molecule has 5 heteroatoms. The van der Waals surface area contributed by atoms with Gasteiger partial charge in [0, 0.05) is 33.7 Å². The van der Waals surface area contributed by atoms with Gasteiger partial charge in [-0.05, 0) is 5.92 Å². The quantitative estimate of drug-likeness (QED) is 0.535. The Labute approximate surface area is 89.4 Å². The number of hydrogen-bond donors (Lipinski definition) is 1. The highest BCUT2D eigenvalue weighted by Crippen LogP contribution is 2.05. The standard InChI is InChI=1S/C10H15N3O2/c1-4-9(14)13-6-5-11-7-8(13)10(15)12(2)3/h1,8,11H,5-7H2,2-3H3. The van der Waals surface area contributed by atoms with E-state index in [4.69, 9.17) is 6.42 Å². The summed E-state index contributed by atoms with van der Waals surface area (Å²) in [4.78, 5) is 26.1. The molecule has 0 radical (unpaired) electrons. The van der Waals surface area contributed by atoms with Crippen molar-refractivity contribution in [3.05, 3.63) is 0 Å². The van der Waals surface area contributed by atoms with Gasteiger partial charge in [0.15, 0.2) is 0 Å². The van der Waals surface area contributed by atoms with Crippen LogP contribution in [0.15, 0.2) is 0 Å². The Morgan fingerprint density at radius 2 is 2.20 bits per heavy atom. The van der Waals surface area contributed by atoms with Crippen LogP contribution in [0.4, 0.5) is 0 Å². The maximum absolute atomic E-state index is 11.8. The molecule has 1 saturated heterocycles. The summed E-state index contributed by atoms with van der Waals surface area (Å²) in [7, 11) is 3.32. The second-order valence-electron chi connectivity index (χ2n) is 3.60. The fraction of sp³-hybridized carbons (Fsp3) is 0.600. The summed E-state index contributed by atoms with van der Waals surface area (Å²) >= 11 is 0. The highest BCUT2D eigenvalue weighted by Gasteiger charge is 2.32. The molecular weight excluding hydrogens is 194 g/mol. The molecule has 1 atom stereocenters. The Balaban J connectivity index is 2.79. The van der Waals surface area contributed by atoms with Gasteiger partial charge in [-0.3, -0.25) is 9.59 Å². The van der Waals surface area contributed by atoms with Gasteiger partial charge in [-0.15, -0.1) is 6.42 Å². The first-order valence-electron chi connectivity index (χ1n) is 4.77. The fourth-order valence-corrected chi connectivity index (χ4v) is 1.55. The Bertz CT molecular complexity index is 306. The van der Waals surface area contributed by atoms with Crippen LogP contribution in [0.5, 0.6) is 0 Å². The molecule has 0 spiro atoms. The van der Waals surface area contributed by atoms with E-state index in [0.717, 1.165) is 0 Å². The van der Waals surface area contributed by atoms with Crippen LogP contribution in [0, 0.1) is 12.3 Å². The lowest BCUT2D eigenvalue weighted by Crippen LogP contribution is -2.59. The molecule has 1 unspecified atom stereocenters. The van der Waals surface area contributed by atoms with Crippen LogP contribution in [0.3, 0.4) is 0 Å². The summed E-state index contributed by atoms with van der Waals surface area (Å²) in [5.74, 6) is 1.52.